The summed E-state index contributed by atoms with van der Waals surface area (Å²) in [7, 11) is 1.62. The third-order valence-electron chi connectivity index (χ3n) is 4.20. The van der Waals surface area contributed by atoms with Crippen LogP contribution < -0.4 is 10.5 Å². The van der Waals surface area contributed by atoms with E-state index in [9.17, 15) is 5.26 Å². The molecule has 3 aromatic rings. The average Bonchev–Trinajstić information content (AvgIpc) is 2.67. The Morgan fingerprint density at radius 3 is 2.48 bits per heavy atom. The maximum atomic E-state index is 9.52. The SMILES string of the molecule is CCc1ccc(-c2cc(-c3cccc(OC)c3)c(C#N)c(N)n2)cc1. The van der Waals surface area contributed by atoms with E-state index in [-0.39, 0.29) is 5.82 Å². The molecule has 0 spiro atoms. The quantitative estimate of drug-likeness (QED) is 0.768. The van der Waals surface area contributed by atoms with Crippen molar-refractivity contribution < 1.29 is 4.74 Å². The molecule has 4 nitrogen and oxygen atoms in total. The average molecular weight is 329 g/mol. The fourth-order valence-electron chi connectivity index (χ4n) is 2.76. The molecular weight excluding hydrogens is 310 g/mol. The Morgan fingerprint density at radius 2 is 1.84 bits per heavy atom. The molecule has 0 fully saturated rings. The summed E-state index contributed by atoms with van der Waals surface area (Å²) in [6.07, 6.45) is 0.984. The standard InChI is InChI=1S/C21H19N3O/c1-3-14-7-9-15(10-8-14)20-12-18(19(13-22)21(23)24-20)16-5-4-6-17(11-16)25-2/h4-12H,3H2,1-2H3,(H2,23,24). The number of pyridine rings is 1. The van der Waals surface area contributed by atoms with E-state index in [0.29, 0.717) is 5.56 Å². The first kappa shape index (κ1) is 16.5. The van der Waals surface area contributed by atoms with Crippen LogP contribution in [-0.2, 0) is 6.42 Å². The van der Waals surface area contributed by atoms with Gasteiger partial charge in [0.05, 0.1) is 12.8 Å². The molecule has 0 aliphatic rings. The van der Waals surface area contributed by atoms with Crippen LogP contribution in [0.1, 0.15) is 18.1 Å². The van der Waals surface area contributed by atoms with Gasteiger partial charge in [0.15, 0.2) is 0 Å². The number of hydrogen-bond acceptors (Lipinski definition) is 4. The van der Waals surface area contributed by atoms with Gasteiger partial charge in [-0.1, -0.05) is 43.3 Å². The Bertz CT molecular complexity index is 940. The molecular formula is C21H19N3O. The van der Waals surface area contributed by atoms with Crippen LogP contribution in [0.25, 0.3) is 22.4 Å². The molecule has 1 aromatic heterocycles. The number of aromatic nitrogens is 1. The van der Waals surface area contributed by atoms with Crippen molar-refractivity contribution in [2.24, 2.45) is 0 Å². The van der Waals surface area contributed by atoms with E-state index in [2.05, 4.69) is 30.1 Å². The second-order valence-electron chi connectivity index (χ2n) is 5.71. The predicted molar refractivity (Wildman–Crippen MR) is 100 cm³/mol. The number of hydrogen-bond donors (Lipinski definition) is 1. The van der Waals surface area contributed by atoms with E-state index in [1.54, 1.807) is 7.11 Å². The van der Waals surface area contributed by atoms with Crippen molar-refractivity contribution in [3.63, 3.8) is 0 Å². The molecule has 2 aromatic carbocycles. The smallest absolute Gasteiger partial charge is 0.142 e. The van der Waals surface area contributed by atoms with Crippen molar-refractivity contribution in [2.75, 3.05) is 12.8 Å². The van der Waals surface area contributed by atoms with Gasteiger partial charge in [-0.05, 0) is 35.7 Å². The number of ether oxygens (including phenoxy) is 1. The summed E-state index contributed by atoms with van der Waals surface area (Å²) < 4.78 is 5.29. The normalized spacial score (nSPS) is 10.3. The summed E-state index contributed by atoms with van der Waals surface area (Å²) in [6, 6.07) is 19.9. The zero-order valence-electron chi connectivity index (χ0n) is 14.3. The summed E-state index contributed by atoms with van der Waals surface area (Å²) in [4.78, 5) is 4.42. The van der Waals surface area contributed by atoms with Gasteiger partial charge in [-0.3, -0.25) is 0 Å². The van der Waals surface area contributed by atoms with Gasteiger partial charge in [0, 0.05) is 11.1 Å². The van der Waals surface area contributed by atoms with Gasteiger partial charge in [0.2, 0.25) is 0 Å². The highest BCUT2D eigenvalue weighted by atomic mass is 16.5. The van der Waals surface area contributed by atoms with Crippen LogP contribution in [0.2, 0.25) is 0 Å². The molecule has 0 atom stereocenters. The molecule has 0 bridgehead atoms. The number of benzene rings is 2. The highest BCUT2D eigenvalue weighted by molar-refractivity contribution is 5.80. The van der Waals surface area contributed by atoms with Crippen LogP contribution in [0.3, 0.4) is 0 Å². The molecule has 0 aliphatic heterocycles. The number of nitrogens with two attached hydrogens (primary N) is 1. The number of nitrogen functional groups attached to an aromatic ring is 1. The number of methoxy groups -OCH3 is 1. The Balaban J connectivity index is 2.16. The number of nitriles is 1. The van der Waals surface area contributed by atoms with E-state index in [1.165, 1.54) is 5.56 Å². The minimum atomic E-state index is 0.234. The molecule has 2 N–H and O–H groups in total. The van der Waals surface area contributed by atoms with Gasteiger partial charge < -0.3 is 10.5 Å². The summed E-state index contributed by atoms with van der Waals surface area (Å²) in [5.41, 5.74) is 11.1. The van der Waals surface area contributed by atoms with Crippen LogP contribution in [0.5, 0.6) is 5.75 Å². The van der Waals surface area contributed by atoms with E-state index < -0.39 is 0 Å². The van der Waals surface area contributed by atoms with Crippen LogP contribution in [0.4, 0.5) is 5.82 Å². The maximum absolute atomic E-state index is 9.52. The van der Waals surface area contributed by atoms with E-state index >= 15 is 0 Å². The van der Waals surface area contributed by atoms with Crippen molar-refractivity contribution in [2.45, 2.75) is 13.3 Å². The van der Waals surface area contributed by atoms with E-state index in [4.69, 9.17) is 10.5 Å². The van der Waals surface area contributed by atoms with Crippen LogP contribution in [0, 0.1) is 11.3 Å². The first-order valence-corrected chi connectivity index (χ1v) is 8.10. The Labute approximate surface area is 147 Å². The third kappa shape index (κ3) is 3.31. The molecule has 25 heavy (non-hydrogen) atoms. The molecule has 0 aliphatic carbocycles. The molecule has 0 saturated heterocycles. The lowest BCUT2D eigenvalue weighted by atomic mass is 9.98. The minimum Gasteiger partial charge on any atom is -0.497 e. The minimum absolute atomic E-state index is 0.234. The summed E-state index contributed by atoms with van der Waals surface area (Å²) in [6.45, 7) is 2.12. The van der Waals surface area contributed by atoms with Gasteiger partial charge in [-0.15, -0.1) is 0 Å². The lowest BCUT2D eigenvalue weighted by Crippen LogP contribution is -2.00. The molecule has 1 heterocycles. The van der Waals surface area contributed by atoms with Crippen molar-refractivity contribution in [3.8, 4) is 34.2 Å². The molecule has 0 amide bonds. The van der Waals surface area contributed by atoms with Gasteiger partial charge in [0.1, 0.15) is 23.2 Å². The molecule has 0 radical (unpaired) electrons. The van der Waals surface area contributed by atoms with Gasteiger partial charge >= 0.3 is 0 Å². The van der Waals surface area contributed by atoms with Crippen molar-refractivity contribution in [1.29, 1.82) is 5.26 Å². The molecule has 124 valence electrons. The second-order valence-corrected chi connectivity index (χ2v) is 5.71. The first-order chi connectivity index (χ1) is 12.2. The molecule has 0 unspecified atom stereocenters. The van der Waals surface area contributed by atoms with Crippen LogP contribution in [0.15, 0.2) is 54.6 Å². The molecule has 4 heteroatoms. The van der Waals surface area contributed by atoms with Gasteiger partial charge in [0.25, 0.3) is 0 Å². The lowest BCUT2D eigenvalue weighted by molar-refractivity contribution is 0.415. The lowest BCUT2D eigenvalue weighted by Gasteiger charge is -2.11. The van der Waals surface area contributed by atoms with Gasteiger partial charge in [-0.25, -0.2) is 4.98 Å². The van der Waals surface area contributed by atoms with Crippen LogP contribution >= 0.6 is 0 Å². The van der Waals surface area contributed by atoms with Gasteiger partial charge in [-0.2, -0.15) is 5.26 Å². The maximum Gasteiger partial charge on any atom is 0.142 e. The predicted octanol–water partition coefficient (Wildman–Crippen LogP) is 4.44. The second kappa shape index (κ2) is 7.06. The number of anilines is 1. The zero-order chi connectivity index (χ0) is 17.8. The van der Waals surface area contributed by atoms with E-state index in [1.807, 2.05) is 42.5 Å². The number of rotatable bonds is 4. The summed E-state index contributed by atoms with van der Waals surface area (Å²) in [5, 5.41) is 9.52. The molecule has 0 saturated carbocycles. The number of nitrogens with zero attached hydrogens (tertiary/aromatic N) is 2. The van der Waals surface area contributed by atoms with E-state index in [0.717, 1.165) is 34.6 Å². The highest BCUT2D eigenvalue weighted by Gasteiger charge is 2.14. The topological polar surface area (TPSA) is 71.9 Å². The fraction of sp³-hybridized carbons (Fsp3) is 0.143. The Morgan fingerprint density at radius 1 is 1.08 bits per heavy atom. The zero-order valence-corrected chi connectivity index (χ0v) is 14.3. The Hall–Kier alpha value is -3.32. The monoisotopic (exact) mass is 329 g/mol. The third-order valence-corrected chi connectivity index (χ3v) is 4.20. The number of aryl methyl sites for hydroxylation is 1. The van der Waals surface area contributed by atoms with Crippen molar-refractivity contribution >= 4 is 5.82 Å². The fourth-order valence-corrected chi connectivity index (χ4v) is 2.76. The molecule has 3 rings (SSSR count). The van der Waals surface area contributed by atoms with Crippen molar-refractivity contribution in [3.05, 3.63) is 65.7 Å². The van der Waals surface area contributed by atoms with Crippen molar-refractivity contribution in [1.82, 2.24) is 4.98 Å². The van der Waals surface area contributed by atoms with Crippen LogP contribution in [-0.4, -0.2) is 12.1 Å². The highest BCUT2D eigenvalue weighted by Crippen LogP contribution is 2.32. The first-order valence-electron chi connectivity index (χ1n) is 8.10. The summed E-state index contributed by atoms with van der Waals surface area (Å²) >= 11 is 0. The summed E-state index contributed by atoms with van der Waals surface area (Å²) in [5.74, 6) is 0.961. The largest absolute Gasteiger partial charge is 0.497 e. The Kier molecular flexibility index (Phi) is 4.67.